The second-order valence-electron chi connectivity index (χ2n) is 5.68. The lowest BCUT2D eigenvalue weighted by atomic mass is 10.2. The fraction of sp³-hybridized carbons (Fsp3) is 0.667. The molecule has 1 aromatic rings. The highest BCUT2D eigenvalue weighted by atomic mass is 32.2. The summed E-state index contributed by atoms with van der Waals surface area (Å²) in [6, 6.07) is 1.41. The average Bonchev–Trinajstić information content (AvgIpc) is 2.81. The molecule has 0 spiro atoms. The van der Waals surface area contributed by atoms with E-state index in [-0.39, 0.29) is 23.6 Å². The van der Waals surface area contributed by atoms with Gasteiger partial charge < -0.3 is 10.1 Å². The van der Waals surface area contributed by atoms with E-state index in [1.165, 1.54) is 17.8 Å². The lowest BCUT2D eigenvalue weighted by molar-refractivity contribution is -0.121. The van der Waals surface area contributed by atoms with Gasteiger partial charge in [-0.05, 0) is 27.2 Å². The van der Waals surface area contributed by atoms with Gasteiger partial charge in [-0.15, -0.1) is 0 Å². The number of carbonyl (C=O) groups excluding carboxylic acids is 1. The number of hydrogen-bond donors (Lipinski definition) is 1. The first-order chi connectivity index (χ1) is 10.5. The zero-order valence-electron chi connectivity index (χ0n) is 13.3. The molecule has 0 saturated heterocycles. The highest BCUT2D eigenvalue weighted by Gasteiger charge is 2.27. The molecule has 2 rings (SSSR count). The minimum absolute atomic E-state index is 0.0320. The molecule has 1 N–H and O–H groups in total. The maximum absolute atomic E-state index is 12.0. The summed E-state index contributed by atoms with van der Waals surface area (Å²) in [5, 5.41) is 3.60. The Bertz CT molecular complexity index is 586. The number of nitrogens with zero attached hydrogens (tertiary/aromatic N) is 2. The first-order valence-electron chi connectivity index (χ1n) is 7.58. The van der Waals surface area contributed by atoms with Crippen LogP contribution in [0.4, 0.5) is 0 Å². The van der Waals surface area contributed by atoms with Crippen molar-refractivity contribution < 1.29 is 9.53 Å². The minimum atomic E-state index is -0.104. The third-order valence-electron chi connectivity index (χ3n) is 3.33. The Hall–Kier alpha value is -1.34. The lowest BCUT2D eigenvalue weighted by Crippen LogP contribution is -2.31. The van der Waals surface area contributed by atoms with Crippen molar-refractivity contribution in [2.75, 3.05) is 18.9 Å². The van der Waals surface area contributed by atoms with Gasteiger partial charge in [-0.1, -0.05) is 11.8 Å². The van der Waals surface area contributed by atoms with Gasteiger partial charge in [0.15, 0.2) is 5.16 Å². The third kappa shape index (κ3) is 4.58. The first-order valence-corrected chi connectivity index (χ1v) is 8.57. The molecule has 0 bridgehead atoms. The zero-order chi connectivity index (χ0) is 16.1. The fourth-order valence-corrected chi connectivity index (χ4v) is 3.51. The van der Waals surface area contributed by atoms with Gasteiger partial charge in [0.2, 0.25) is 5.91 Å². The molecule has 0 aliphatic carbocycles. The molecular weight excluding hydrogens is 302 g/mol. The van der Waals surface area contributed by atoms with Gasteiger partial charge in [-0.25, -0.2) is 4.98 Å². The maximum atomic E-state index is 12.0. The van der Waals surface area contributed by atoms with Crippen molar-refractivity contribution in [2.24, 2.45) is 0 Å². The van der Waals surface area contributed by atoms with E-state index < -0.39 is 0 Å². The second kappa shape index (κ2) is 7.78. The molecule has 6 nitrogen and oxygen atoms in total. The number of thioether (sulfide) groups is 1. The molecule has 1 aliphatic heterocycles. The van der Waals surface area contributed by atoms with Crippen LogP contribution in [0.15, 0.2) is 16.0 Å². The van der Waals surface area contributed by atoms with Gasteiger partial charge in [-0.2, -0.15) is 0 Å². The van der Waals surface area contributed by atoms with Crippen molar-refractivity contribution in [2.45, 2.75) is 50.9 Å². The summed E-state index contributed by atoms with van der Waals surface area (Å²) in [5.41, 5.74) is 0.648. The van der Waals surface area contributed by atoms with E-state index >= 15 is 0 Å². The Morgan fingerprint density at radius 1 is 1.59 bits per heavy atom. The number of hydrogen-bond acceptors (Lipinski definition) is 5. The molecule has 0 aromatic carbocycles. The molecule has 1 amide bonds. The standard InChI is InChI=1S/C15H23N3O3S/c1-10(2)21-6-4-5-16-13(19)8-12-9-22-15-17-11(3)7-14(20)18(12)15/h7,10,12H,4-6,8-9H2,1-3H3,(H,16,19)/t12-/m1/s1. The van der Waals surface area contributed by atoms with E-state index in [0.717, 1.165) is 17.9 Å². The SMILES string of the molecule is Cc1cc(=O)n2c(n1)SC[C@H]2CC(=O)NCCCOC(C)C. The number of nitrogens with one attached hydrogen (secondary N) is 1. The number of amides is 1. The van der Waals surface area contributed by atoms with E-state index in [9.17, 15) is 9.59 Å². The van der Waals surface area contributed by atoms with Crippen molar-refractivity contribution in [1.29, 1.82) is 0 Å². The number of rotatable bonds is 7. The highest BCUT2D eigenvalue weighted by molar-refractivity contribution is 7.99. The minimum Gasteiger partial charge on any atom is -0.379 e. The molecule has 0 fully saturated rings. The van der Waals surface area contributed by atoms with Crippen molar-refractivity contribution in [3.05, 3.63) is 22.1 Å². The molecule has 22 heavy (non-hydrogen) atoms. The van der Waals surface area contributed by atoms with Crippen LogP contribution in [-0.4, -0.2) is 40.5 Å². The van der Waals surface area contributed by atoms with Gasteiger partial charge in [0.25, 0.3) is 5.56 Å². The highest BCUT2D eigenvalue weighted by Crippen LogP contribution is 2.31. The van der Waals surface area contributed by atoms with Crippen LogP contribution in [0.3, 0.4) is 0 Å². The molecule has 2 heterocycles. The third-order valence-corrected chi connectivity index (χ3v) is 4.43. The molecular formula is C15H23N3O3S. The Morgan fingerprint density at radius 2 is 2.36 bits per heavy atom. The summed E-state index contributed by atoms with van der Waals surface area (Å²) < 4.78 is 7.06. The van der Waals surface area contributed by atoms with Crippen LogP contribution >= 0.6 is 11.8 Å². The molecule has 7 heteroatoms. The van der Waals surface area contributed by atoms with Crippen LogP contribution in [0.5, 0.6) is 0 Å². The fourth-order valence-electron chi connectivity index (χ4n) is 2.32. The Morgan fingerprint density at radius 3 is 3.09 bits per heavy atom. The summed E-state index contributed by atoms with van der Waals surface area (Å²) in [6.45, 7) is 7.02. The predicted octanol–water partition coefficient (Wildman–Crippen LogP) is 1.52. The van der Waals surface area contributed by atoms with E-state index in [4.69, 9.17) is 4.74 Å². The number of aryl methyl sites for hydroxylation is 1. The Kier molecular flexibility index (Phi) is 6.02. The topological polar surface area (TPSA) is 73.2 Å². The van der Waals surface area contributed by atoms with Crippen molar-refractivity contribution in [1.82, 2.24) is 14.9 Å². The molecule has 0 unspecified atom stereocenters. The van der Waals surface area contributed by atoms with Crippen LogP contribution in [0.1, 0.15) is 38.4 Å². The van der Waals surface area contributed by atoms with E-state index in [1.807, 2.05) is 20.8 Å². The average molecular weight is 325 g/mol. The molecule has 1 atom stereocenters. The van der Waals surface area contributed by atoms with Crippen LogP contribution < -0.4 is 10.9 Å². The monoisotopic (exact) mass is 325 g/mol. The van der Waals surface area contributed by atoms with Gasteiger partial charge in [0, 0.05) is 37.1 Å². The van der Waals surface area contributed by atoms with E-state index in [2.05, 4.69) is 10.3 Å². The zero-order valence-corrected chi connectivity index (χ0v) is 14.1. The van der Waals surface area contributed by atoms with Gasteiger partial charge in [0.1, 0.15) is 0 Å². The van der Waals surface area contributed by atoms with Crippen molar-refractivity contribution in [3.8, 4) is 0 Å². The number of fused-ring (bicyclic) bond motifs is 1. The van der Waals surface area contributed by atoms with E-state index in [1.54, 1.807) is 4.57 Å². The Balaban J connectivity index is 1.81. The second-order valence-corrected chi connectivity index (χ2v) is 6.67. The molecule has 0 radical (unpaired) electrons. The number of carbonyl (C=O) groups is 1. The lowest BCUT2D eigenvalue weighted by Gasteiger charge is -2.13. The number of ether oxygens (including phenoxy) is 1. The van der Waals surface area contributed by atoms with Gasteiger partial charge in [0.05, 0.1) is 12.1 Å². The predicted molar refractivity (Wildman–Crippen MR) is 86.3 cm³/mol. The van der Waals surface area contributed by atoms with Gasteiger partial charge >= 0.3 is 0 Å². The summed E-state index contributed by atoms with van der Waals surface area (Å²) in [6.07, 6.45) is 1.32. The smallest absolute Gasteiger partial charge is 0.254 e. The summed E-state index contributed by atoms with van der Waals surface area (Å²) in [7, 11) is 0. The maximum Gasteiger partial charge on any atom is 0.254 e. The normalized spacial score (nSPS) is 16.8. The summed E-state index contributed by atoms with van der Waals surface area (Å²) in [5.74, 6) is 0.686. The Labute approximate surface area is 134 Å². The quantitative estimate of drug-likeness (QED) is 0.608. The summed E-state index contributed by atoms with van der Waals surface area (Å²) >= 11 is 1.53. The summed E-state index contributed by atoms with van der Waals surface area (Å²) in [4.78, 5) is 28.4. The van der Waals surface area contributed by atoms with Crippen molar-refractivity contribution >= 4 is 17.7 Å². The largest absolute Gasteiger partial charge is 0.379 e. The molecule has 1 aromatic heterocycles. The van der Waals surface area contributed by atoms with Crippen LogP contribution in [0.2, 0.25) is 0 Å². The van der Waals surface area contributed by atoms with Gasteiger partial charge in [-0.3, -0.25) is 14.2 Å². The van der Waals surface area contributed by atoms with Crippen LogP contribution in [0.25, 0.3) is 0 Å². The molecule has 1 aliphatic rings. The molecule has 0 saturated carbocycles. The van der Waals surface area contributed by atoms with Crippen molar-refractivity contribution in [3.63, 3.8) is 0 Å². The number of aromatic nitrogens is 2. The first kappa shape index (κ1) is 17.0. The van der Waals surface area contributed by atoms with Crippen LogP contribution in [0, 0.1) is 6.92 Å². The van der Waals surface area contributed by atoms with Crippen LogP contribution in [-0.2, 0) is 9.53 Å². The molecule has 122 valence electrons. The van der Waals surface area contributed by atoms with E-state index in [0.29, 0.717) is 24.7 Å².